The Kier molecular flexibility index (Phi) is 55.8. The van der Waals surface area contributed by atoms with Crippen LogP contribution in [0.3, 0.4) is 0 Å². The van der Waals surface area contributed by atoms with Gasteiger partial charge in [-0.25, -0.2) is 0 Å². The highest BCUT2D eigenvalue weighted by Gasteiger charge is 2.22. The van der Waals surface area contributed by atoms with E-state index in [1.807, 2.05) is 21.1 Å². The molecule has 0 aliphatic rings. The minimum atomic E-state index is -4.65. The number of phosphoric ester groups is 1. The summed E-state index contributed by atoms with van der Waals surface area (Å²) >= 11 is 0. The van der Waals surface area contributed by atoms with Crippen molar-refractivity contribution < 1.29 is 42.1 Å². The number of nitrogens with zero attached hydrogens (tertiary/aromatic N) is 1. The minimum absolute atomic E-state index is 0.0366. The van der Waals surface area contributed by atoms with Crippen LogP contribution < -0.4 is 4.89 Å². The standard InChI is InChI=1S/C68H118NO8P/c1-6-8-10-12-14-16-18-20-22-24-26-28-29-30-31-32-33-34-35-36-37-38-39-41-43-45-47-49-51-53-55-57-59-61-68(71)77-66(65-76-78(72,73)75-63-62-69(3,4)5)64-74-67(70)60-58-56-54-52-50-48-46-44-42-40-27-25-23-21-19-17-15-13-11-9-7-2/h8,10,14,16,19-22,25-28,30-31,33-34,36-37,66H,6-7,9,11-13,15,17-18,23-24,29,32,35,38-65H2,1-5H3/b10-8-,16-14-,21-19-,22-20-,27-25-,28-26-,31-30-,34-33-,37-36-. The SMILES string of the molecule is CC/C=C\C/C=C\C/C=C\C/C=C\C/C=C\C/C=C\C/C=C\CCCCCCCCCCCCCC(=O)OC(COC(=O)CCCCCCCCCCC/C=C\C/C=C\CCCCCCC)COP(=O)([O-])OCC[N+](C)(C)C. The Hall–Kier alpha value is -3.33. The summed E-state index contributed by atoms with van der Waals surface area (Å²) in [6.07, 6.45) is 81.4. The molecule has 0 rings (SSSR count). The average Bonchev–Trinajstić information content (AvgIpc) is 3.41. The summed E-state index contributed by atoms with van der Waals surface area (Å²) in [6, 6.07) is 0. The predicted octanol–water partition coefficient (Wildman–Crippen LogP) is 19.5. The van der Waals surface area contributed by atoms with Crippen LogP contribution in [-0.2, 0) is 32.7 Å². The molecule has 0 heterocycles. The molecular weight excluding hydrogens is 990 g/mol. The molecule has 0 radical (unpaired) electrons. The maximum absolute atomic E-state index is 12.8. The van der Waals surface area contributed by atoms with E-state index in [2.05, 4.69) is 123 Å². The number of carbonyl (C=O) groups excluding carboxylic acids is 2. The Morgan fingerprint density at radius 3 is 1.09 bits per heavy atom. The summed E-state index contributed by atoms with van der Waals surface area (Å²) in [5, 5.41) is 0. The molecule has 0 N–H and O–H groups in total. The van der Waals surface area contributed by atoms with Crippen molar-refractivity contribution in [3.63, 3.8) is 0 Å². The van der Waals surface area contributed by atoms with Crippen molar-refractivity contribution in [1.29, 1.82) is 0 Å². The van der Waals surface area contributed by atoms with Gasteiger partial charge in [-0.15, -0.1) is 0 Å². The molecule has 0 saturated heterocycles. The van der Waals surface area contributed by atoms with E-state index in [4.69, 9.17) is 18.5 Å². The third-order valence-corrected chi connectivity index (χ3v) is 14.2. The number of esters is 2. The number of hydrogen-bond donors (Lipinski definition) is 0. The number of rotatable bonds is 57. The monoisotopic (exact) mass is 1110 g/mol. The second kappa shape index (κ2) is 58.3. The first-order valence-electron chi connectivity index (χ1n) is 31.6. The van der Waals surface area contributed by atoms with E-state index in [0.29, 0.717) is 17.4 Å². The van der Waals surface area contributed by atoms with Crippen molar-refractivity contribution in [3.05, 3.63) is 109 Å². The van der Waals surface area contributed by atoms with Crippen LogP contribution in [0.5, 0.6) is 0 Å². The number of ether oxygens (including phenoxy) is 2. The molecule has 0 aliphatic heterocycles. The van der Waals surface area contributed by atoms with Crippen LogP contribution in [0.25, 0.3) is 0 Å². The topological polar surface area (TPSA) is 111 Å². The van der Waals surface area contributed by atoms with E-state index in [1.54, 1.807) is 0 Å². The lowest BCUT2D eigenvalue weighted by atomic mass is 10.0. The Balaban J connectivity index is 4.14. The first kappa shape index (κ1) is 74.7. The largest absolute Gasteiger partial charge is 0.756 e. The minimum Gasteiger partial charge on any atom is -0.756 e. The molecule has 0 aromatic carbocycles. The zero-order valence-electron chi connectivity index (χ0n) is 50.8. The van der Waals surface area contributed by atoms with Crippen molar-refractivity contribution in [2.24, 2.45) is 0 Å². The molecule has 0 aromatic rings. The Morgan fingerprint density at radius 1 is 0.410 bits per heavy atom. The highest BCUT2D eigenvalue weighted by atomic mass is 31.2. The third kappa shape index (κ3) is 61.9. The zero-order chi connectivity index (χ0) is 57.0. The summed E-state index contributed by atoms with van der Waals surface area (Å²) in [7, 11) is 1.15. The van der Waals surface area contributed by atoms with Crippen molar-refractivity contribution >= 4 is 19.8 Å². The van der Waals surface area contributed by atoms with Crippen molar-refractivity contribution in [1.82, 2.24) is 0 Å². The van der Waals surface area contributed by atoms with Gasteiger partial charge in [-0.1, -0.05) is 252 Å². The smallest absolute Gasteiger partial charge is 0.306 e. The van der Waals surface area contributed by atoms with Crippen LogP contribution in [0.4, 0.5) is 0 Å². The molecule has 0 fully saturated rings. The molecule has 0 amide bonds. The summed E-state index contributed by atoms with van der Waals surface area (Å²) in [6.45, 7) is 4.11. The molecule has 2 atom stereocenters. The van der Waals surface area contributed by atoms with Crippen molar-refractivity contribution in [3.8, 4) is 0 Å². The lowest BCUT2D eigenvalue weighted by molar-refractivity contribution is -0.870. The van der Waals surface area contributed by atoms with Gasteiger partial charge in [-0.2, -0.15) is 0 Å². The second-order valence-corrected chi connectivity index (χ2v) is 23.4. The first-order chi connectivity index (χ1) is 38.0. The predicted molar refractivity (Wildman–Crippen MR) is 332 cm³/mol. The molecule has 9 nitrogen and oxygen atoms in total. The normalized spacial score (nSPS) is 14.0. The van der Waals surface area contributed by atoms with Gasteiger partial charge in [-0.3, -0.25) is 14.2 Å². The summed E-state index contributed by atoms with van der Waals surface area (Å²) < 4.78 is 34.2. The van der Waals surface area contributed by atoms with Gasteiger partial charge in [0.25, 0.3) is 7.82 Å². The van der Waals surface area contributed by atoms with Gasteiger partial charge in [-0.05, 0) is 103 Å². The maximum atomic E-state index is 12.8. The lowest BCUT2D eigenvalue weighted by Gasteiger charge is -2.28. The lowest BCUT2D eigenvalue weighted by Crippen LogP contribution is -2.37. The van der Waals surface area contributed by atoms with E-state index in [0.717, 1.165) is 109 Å². The van der Waals surface area contributed by atoms with Crippen LogP contribution in [0.2, 0.25) is 0 Å². The molecule has 0 aromatic heterocycles. The number of allylic oxidation sites excluding steroid dienone is 18. The quantitative estimate of drug-likeness (QED) is 0.0195. The molecule has 0 aliphatic carbocycles. The van der Waals surface area contributed by atoms with Crippen LogP contribution in [-0.4, -0.2) is 70.0 Å². The fourth-order valence-corrected chi connectivity index (χ4v) is 9.16. The highest BCUT2D eigenvalue weighted by molar-refractivity contribution is 7.45. The van der Waals surface area contributed by atoms with Crippen molar-refractivity contribution in [2.75, 3.05) is 47.5 Å². The van der Waals surface area contributed by atoms with Gasteiger partial charge < -0.3 is 27.9 Å². The number of likely N-dealkylation sites (N-methyl/N-ethyl adjacent to an activating group) is 1. The number of carbonyl (C=O) groups is 2. The van der Waals surface area contributed by atoms with E-state index >= 15 is 0 Å². The zero-order valence-corrected chi connectivity index (χ0v) is 51.7. The van der Waals surface area contributed by atoms with Gasteiger partial charge >= 0.3 is 11.9 Å². The van der Waals surface area contributed by atoms with E-state index in [9.17, 15) is 19.0 Å². The molecule has 0 saturated carbocycles. The summed E-state index contributed by atoms with van der Waals surface area (Å²) in [5.74, 6) is -0.842. The van der Waals surface area contributed by atoms with Crippen LogP contribution in [0, 0.1) is 0 Å². The Morgan fingerprint density at radius 2 is 0.731 bits per heavy atom. The van der Waals surface area contributed by atoms with E-state index in [-0.39, 0.29) is 32.0 Å². The van der Waals surface area contributed by atoms with Crippen LogP contribution in [0.15, 0.2) is 109 Å². The average molecular weight is 1110 g/mol. The molecule has 78 heavy (non-hydrogen) atoms. The fraction of sp³-hybridized carbons (Fsp3) is 0.706. The van der Waals surface area contributed by atoms with Gasteiger partial charge in [0.1, 0.15) is 19.8 Å². The van der Waals surface area contributed by atoms with Crippen LogP contribution >= 0.6 is 7.82 Å². The molecule has 448 valence electrons. The number of quaternary nitrogens is 1. The molecular formula is C68H118NO8P. The van der Waals surface area contributed by atoms with Crippen molar-refractivity contribution in [2.45, 2.75) is 264 Å². The number of hydrogen-bond acceptors (Lipinski definition) is 8. The number of phosphoric acid groups is 1. The number of unbranched alkanes of at least 4 members (excludes halogenated alkanes) is 25. The fourth-order valence-electron chi connectivity index (χ4n) is 8.43. The van der Waals surface area contributed by atoms with Gasteiger partial charge in [0.05, 0.1) is 27.7 Å². The van der Waals surface area contributed by atoms with E-state index in [1.165, 1.54) is 116 Å². The maximum Gasteiger partial charge on any atom is 0.306 e. The van der Waals surface area contributed by atoms with Gasteiger partial charge in [0.15, 0.2) is 6.10 Å². The van der Waals surface area contributed by atoms with E-state index < -0.39 is 26.5 Å². The van der Waals surface area contributed by atoms with Gasteiger partial charge in [0, 0.05) is 12.8 Å². The summed E-state index contributed by atoms with van der Waals surface area (Å²) in [5.41, 5.74) is 0. The van der Waals surface area contributed by atoms with Crippen LogP contribution in [0.1, 0.15) is 258 Å². The van der Waals surface area contributed by atoms with Gasteiger partial charge in [0.2, 0.25) is 0 Å². The highest BCUT2D eigenvalue weighted by Crippen LogP contribution is 2.38. The molecule has 10 heteroatoms. The molecule has 2 unspecified atom stereocenters. The first-order valence-corrected chi connectivity index (χ1v) is 33.1. The molecule has 0 bridgehead atoms. The molecule has 0 spiro atoms. The Labute approximate surface area is 480 Å². The third-order valence-electron chi connectivity index (χ3n) is 13.3. The second-order valence-electron chi connectivity index (χ2n) is 22.0. The summed E-state index contributed by atoms with van der Waals surface area (Å²) in [4.78, 5) is 38.0. The Bertz CT molecular complexity index is 1680.